The minimum atomic E-state index is -0.924. The number of piperazine rings is 1. The summed E-state index contributed by atoms with van der Waals surface area (Å²) in [5.41, 5.74) is 0.405. The number of hydrogen-bond donors (Lipinski definition) is 1. The number of pyridine rings is 1. The Morgan fingerprint density at radius 2 is 2.07 bits per heavy atom. The van der Waals surface area contributed by atoms with Gasteiger partial charge in [0.25, 0.3) is 0 Å². The van der Waals surface area contributed by atoms with E-state index in [4.69, 9.17) is 9.84 Å². The van der Waals surface area contributed by atoms with Crippen molar-refractivity contribution in [1.29, 1.82) is 0 Å². The molecule has 1 atom stereocenters. The van der Waals surface area contributed by atoms with E-state index in [2.05, 4.69) is 9.88 Å². The van der Waals surface area contributed by atoms with E-state index in [-0.39, 0.29) is 12.1 Å². The van der Waals surface area contributed by atoms with Crippen LogP contribution in [0.4, 0.5) is 4.79 Å². The molecule has 8 heteroatoms. The number of hydrogen-bond acceptors (Lipinski definition) is 6. The van der Waals surface area contributed by atoms with Gasteiger partial charge in [-0.1, -0.05) is 6.07 Å². The van der Waals surface area contributed by atoms with Crippen LogP contribution in [0, 0.1) is 0 Å². The molecule has 1 N–H and O–H groups in total. The van der Waals surface area contributed by atoms with Gasteiger partial charge in [-0.15, -0.1) is 11.3 Å². The number of fused-ring (bicyclic) bond motifs is 1. The van der Waals surface area contributed by atoms with Crippen LogP contribution < -0.4 is 0 Å². The molecule has 0 saturated carbocycles. The molecule has 0 radical (unpaired) electrons. The van der Waals surface area contributed by atoms with Crippen LogP contribution in [-0.2, 0) is 11.3 Å². The first-order valence-corrected chi connectivity index (χ1v) is 9.79. The first-order valence-electron chi connectivity index (χ1n) is 8.97. The minimum absolute atomic E-state index is 0.0534. The van der Waals surface area contributed by atoms with Gasteiger partial charge in [0.05, 0.1) is 5.69 Å². The zero-order valence-electron chi connectivity index (χ0n) is 16.1. The van der Waals surface area contributed by atoms with Crippen molar-refractivity contribution in [1.82, 2.24) is 14.8 Å². The highest BCUT2D eigenvalue weighted by atomic mass is 32.1. The van der Waals surface area contributed by atoms with Crippen LogP contribution >= 0.6 is 11.3 Å². The third-order valence-electron chi connectivity index (χ3n) is 4.38. The number of thiophene rings is 1. The smallest absolute Gasteiger partial charge is 0.410 e. The summed E-state index contributed by atoms with van der Waals surface area (Å²) in [6.45, 7) is 10.4. The molecule has 3 rings (SSSR count). The summed E-state index contributed by atoms with van der Waals surface area (Å²) in [7, 11) is 0. The quantitative estimate of drug-likeness (QED) is 0.863. The highest BCUT2D eigenvalue weighted by molar-refractivity contribution is 7.20. The predicted molar refractivity (Wildman–Crippen MR) is 104 cm³/mol. The number of ether oxygens (including phenoxy) is 1. The van der Waals surface area contributed by atoms with E-state index in [1.165, 1.54) is 11.3 Å². The topological polar surface area (TPSA) is 83.0 Å². The molecular weight excluding hydrogens is 366 g/mol. The number of aromatic carboxylic acids is 1. The molecule has 0 aliphatic carbocycles. The highest BCUT2D eigenvalue weighted by Crippen LogP contribution is 2.25. The van der Waals surface area contributed by atoms with Gasteiger partial charge in [0.1, 0.15) is 15.3 Å². The Balaban J connectivity index is 1.63. The number of nitrogens with zero attached hydrogens (tertiary/aromatic N) is 3. The second-order valence-corrected chi connectivity index (χ2v) is 8.90. The minimum Gasteiger partial charge on any atom is -0.477 e. The zero-order chi connectivity index (χ0) is 19.8. The lowest BCUT2D eigenvalue weighted by Gasteiger charge is -2.40. The average Bonchev–Trinajstić information content (AvgIpc) is 2.96. The summed E-state index contributed by atoms with van der Waals surface area (Å²) in [5.74, 6) is -0.924. The van der Waals surface area contributed by atoms with Crippen molar-refractivity contribution in [3.63, 3.8) is 0 Å². The lowest BCUT2D eigenvalue weighted by Crippen LogP contribution is -2.54. The normalized spacial score (nSPS) is 18.7. The molecule has 1 aliphatic heterocycles. The molecular formula is C19H25N3O4S. The highest BCUT2D eigenvalue weighted by Gasteiger charge is 2.30. The molecule has 7 nitrogen and oxygen atoms in total. The fraction of sp³-hybridized carbons (Fsp3) is 0.526. The molecule has 1 saturated heterocycles. The zero-order valence-corrected chi connectivity index (χ0v) is 16.9. The van der Waals surface area contributed by atoms with Crippen molar-refractivity contribution >= 4 is 33.6 Å². The van der Waals surface area contributed by atoms with Crippen molar-refractivity contribution < 1.29 is 19.4 Å². The Hall–Kier alpha value is -2.19. The van der Waals surface area contributed by atoms with Crippen LogP contribution in [-0.4, -0.2) is 63.2 Å². The van der Waals surface area contributed by atoms with Crippen LogP contribution in [0.2, 0.25) is 0 Å². The van der Waals surface area contributed by atoms with E-state index >= 15 is 0 Å². The fourth-order valence-corrected chi connectivity index (χ4v) is 4.04. The molecule has 0 unspecified atom stereocenters. The number of carboxylic acids is 1. The van der Waals surface area contributed by atoms with Gasteiger partial charge in [0.15, 0.2) is 0 Å². The number of aromatic nitrogens is 1. The number of carbonyl (C=O) groups excluding carboxylic acids is 1. The van der Waals surface area contributed by atoms with Crippen LogP contribution in [0.5, 0.6) is 0 Å². The van der Waals surface area contributed by atoms with Gasteiger partial charge >= 0.3 is 12.1 Å². The van der Waals surface area contributed by atoms with Crippen molar-refractivity contribution in [2.75, 3.05) is 19.6 Å². The molecule has 1 fully saturated rings. The van der Waals surface area contributed by atoms with Crippen molar-refractivity contribution in [2.24, 2.45) is 0 Å². The van der Waals surface area contributed by atoms with E-state index < -0.39 is 11.6 Å². The number of amides is 1. The lowest BCUT2D eigenvalue weighted by molar-refractivity contribution is 0.000433. The Kier molecular flexibility index (Phi) is 5.39. The van der Waals surface area contributed by atoms with E-state index in [0.717, 1.165) is 29.0 Å². The van der Waals surface area contributed by atoms with E-state index in [9.17, 15) is 9.59 Å². The van der Waals surface area contributed by atoms with E-state index in [1.807, 2.05) is 39.8 Å². The molecule has 3 heterocycles. The summed E-state index contributed by atoms with van der Waals surface area (Å²) in [4.78, 5) is 33.1. The van der Waals surface area contributed by atoms with Crippen LogP contribution in [0.3, 0.4) is 0 Å². The van der Waals surface area contributed by atoms with E-state index in [1.54, 1.807) is 11.0 Å². The first-order chi connectivity index (χ1) is 12.6. The second-order valence-electron chi connectivity index (χ2n) is 7.87. The SMILES string of the molecule is C[C@H]1CN(Cc2ccc3cc(C(=O)O)sc3n2)CCN1C(=O)OC(C)(C)C. The molecule has 2 aromatic heterocycles. The van der Waals surface area contributed by atoms with Gasteiger partial charge in [0, 0.05) is 37.6 Å². The largest absolute Gasteiger partial charge is 0.477 e. The average molecular weight is 391 g/mol. The molecule has 1 amide bonds. The lowest BCUT2D eigenvalue weighted by atomic mass is 10.1. The summed E-state index contributed by atoms with van der Waals surface area (Å²) in [6.07, 6.45) is -0.269. The molecule has 0 spiro atoms. The van der Waals surface area contributed by atoms with Gasteiger partial charge < -0.3 is 14.7 Å². The van der Waals surface area contributed by atoms with Gasteiger partial charge in [0.2, 0.25) is 0 Å². The third-order valence-corrected chi connectivity index (χ3v) is 5.41. The molecule has 2 aromatic rings. The Morgan fingerprint density at radius 3 is 2.70 bits per heavy atom. The first kappa shape index (κ1) is 19.6. The predicted octanol–water partition coefficient (Wildman–Crippen LogP) is 3.44. The molecule has 0 bridgehead atoms. The van der Waals surface area contributed by atoms with Crippen molar-refractivity contribution in [2.45, 2.75) is 45.9 Å². The summed E-state index contributed by atoms with van der Waals surface area (Å²) in [6, 6.07) is 5.56. The molecule has 146 valence electrons. The summed E-state index contributed by atoms with van der Waals surface area (Å²) >= 11 is 1.19. The number of carbonyl (C=O) groups is 2. The Bertz CT molecular complexity index is 858. The molecule has 27 heavy (non-hydrogen) atoms. The van der Waals surface area contributed by atoms with Gasteiger partial charge in [-0.25, -0.2) is 14.6 Å². The van der Waals surface area contributed by atoms with Crippen molar-refractivity contribution in [3.8, 4) is 0 Å². The van der Waals surface area contributed by atoms with Crippen LogP contribution in [0.15, 0.2) is 18.2 Å². The number of carboxylic acid groups (broad SMARTS) is 1. The maximum absolute atomic E-state index is 12.3. The fourth-order valence-electron chi connectivity index (χ4n) is 3.15. The number of rotatable bonds is 3. The summed E-state index contributed by atoms with van der Waals surface area (Å²) in [5, 5.41) is 9.97. The standard InChI is InChI=1S/C19H25N3O4S/c1-12-10-21(7-8-22(12)18(25)26-19(2,3)4)11-14-6-5-13-9-15(17(23)24)27-16(13)20-14/h5-6,9,12H,7-8,10-11H2,1-4H3,(H,23,24)/t12-/m0/s1. The monoisotopic (exact) mass is 391 g/mol. The van der Waals surface area contributed by atoms with Gasteiger partial charge in [-0.3, -0.25) is 4.90 Å². The maximum atomic E-state index is 12.3. The third kappa shape index (κ3) is 4.75. The second kappa shape index (κ2) is 7.44. The Labute approximate surface area is 162 Å². The van der Waals surface area contributed by atoms with Gasteiger partial charge in [-0.05, 0) is 39.8 Å². The van der Waals surface area contributed by atoms with Gasteiger partial charge in [-0.2, -0.15) is 0 Å². The van der Waals surface area contributed by atoms with E-state index in [0.29, 0.717) is 18.0 Å². The summed E-state index contributed by atoms with van der Waals surface area (Å²) < 4.78 is 5.48. The van der Waals surface area contributed by atoms with Crippen LogP contribution in [0.25, 0.3) is 10.2 Å². The molecule has 1 aliphatic rings. The maximum Gasteiger partial charge on any atom is 0.410 e. The van der Waals surface area contributed by atoms with Crippen molar-refractivity contribution in [3.05, 3.63) is 28.8 Å². The molecule has 0 aromatic carbocycles. The Morgan fingerprint density at radius 1 is 1.33 bits per heavy atom. The van der Waals surface area contributed by atoms with Crippen LogP contribution in [0.1, 0.15) is 43.1 Å².